The number of rotatable bonds is 5. The molecule has 0 saturated carbocycles. The van der Waals surface area contributed by atoms with Crippen LogP contribution in [0.5, 0.6) is 0 Å². The van der Waals surface area contributed by atoms with Gasteiger partial charge in [0.05, 0.1) is 0 Å². The second kappa shape index (κ2) is 8.17. The Kier molecular flexibility index (Phi) is 5.71. The monoisotopic (exact) mass is 339 g/mol. The average molecular weight is 339 g/mol. The summed E-state index contributed by atoms with van der Waals surface area (Å²) in [5.41, 5.74) is 2.18. The van der Waals surface area contributed by atoms with E-state index in [1.165, 1.54) is 24.8 Å². The lowest BCUT2D eigenvalue weighted by molar-refractivity contribution is 0.0661. The molecule has 0 bridgehead atoms. The molecule has 2 heterocycles. The van der Waals surface area contributed by atoms with Crippen LogP contribution in [0.25, 0.3) is 6.08 Å². The predicted molar refractivity (Wildman–Crippen MR) is 98.5 cm³/mol. The van der Waals surface area contributed by atoms with Gasteiger partial charge in [-0.2, -0.15) is 0 Å². The lowest BCUT2D eigenvalue weighted by Crippen LogP contribution is -2.33. The van der Waals surface area contributed by atoms with Crippen molar-refractivity contribution in [2.45, 2.75) is 45.2 Å². The maximum absolute atomic E-state index is 11.1. The first-order valence-electron chi connectivity index (χ1n) is 8.93. The minimum absolute atomic E-state index is 0.0266. The van der Waals surface area contributed by atoms with Gasteiger partial charge in [0.2, 0.25) is 5.76 Å². The Bertz CT molecular complexity index is 733. The van der Waals surface area contributed by atoms with E-state index in [2.05, 4.69) is 29.2 Å². The average Bonchev–Trinajstić information content (AvgIpc) is 2.84. The van der Waals surface area contributed by atoms with E-state index in [1.807, 2.05) is 25.1 Å². The third kappa shape index (κ3) is 4.60. The smallest absolute Gasteiger partial charge is 0.371 e. The van der Waals surface area contributed by atoms with Crippen LogP contribution in [-0.4, -0.2) is 28.6 Å². The molecule has 4 nitrogen and oxygen atoms in total. The Morgan fingerprint density at radius 3 is 2.80 bits per heavy atom. The van der Waals surface area contributed by atoms with Gasteiger partial charge >= 0.3 is 5.97 Å². The molecular formula is C21H25NO3. The van der Waals surface area contributed by atoms with Gasteiger partial charge in [-0.15, -0.1) is 0 Å². The van der Waals surface area contributed by atoms with E-state index in [0.717, 1.165) is 25.1 Å². The molecule has 1 unspecified atom stereocenters. The van der Waals surface area contributed by atoms with Crippen LogP contribution < -0.4 is 0 Å². The van der Waals surface area contributed by atoms with E-state index < -0.39 is 5.97 Å². The van der Waals surface area contributed by atoms with Crippen molar-refractivity contribution in [1.29, 1.82) is 0 Å². The predicted octanol–water partition coefficient (Wildman–Crippen LogP) is 4.74. The third-order valence-electron chi connectivity index (χ3n) is 4.83. The topological polar surface area (TPSA) is 53.7 Å². The van der Waals surface area contributed by atoms with E-state index in [-0.39, 0.29) is 5.76 Å². The lowest BCUT2D eigenvalue weighted by Gasteiger charge is -2.27. The molecule has 1 fully saturated rings. The molecule has 1 aliphatic rings. The largest absolute Gasteiger partial charge is 0.475 e. The number of benzene rings is 1. The Balaban J connectivity index is 1.76. The highest BCUT2D eigenvalue weighted by Crippen LogP contribution is 2.24. The zero-order valence-corrected chi connectivity index (χ0v) is 14.6. The molecule has 1 aromatic heterocycles. The summed E-state index contributed by atoms with van der Waals surface area (Å²) in [4.78, 5) is 13.6. The molecule has 1 N–H and O–H groups in total. The second-order valence-corrected chi connectivity index (χ2v) is 6.65. The minimum atomic E-state index is -1.01. The standard InChI is InChI=1S/C21H25NO3/c1-16-18(14-20(25-16)21(23)24)15-22-13-7-3-6-10-19(22)12-11-17-8-4-2-5-9-17/h2,4-5,8-9,11-12,14,19H,3,6-7,10,13,15H2,1H3,(H,23,24). The highest BCUT2D eigenvalue weighted by atomic mass is 16.4. The summed E-state index contributed by atoms with van der Waals surface area (Å²) in [5, 5.41) is 9.12. The SMILES string of the molecule is Cc1oc(C(=O)O)cc1CN1CCCCCC1C=Cc1ccccc1. The first-order valence-corrected chi connectivity index (χ1v) is 8.93. The van der Waals surface area contributed by atoms with Crippen LogP contribution in [0.2, 0.25) is 0 Å². The van der Waals surface area contributed by atoms with Crippen molar-refractivity contribution in [2.75, 3.05) is 6.54 Å². The number of aromatic carboxylic acids is 1. The zero-order valence-electron chi connectivity index (χ0n) is 14.6. The molecule has 0 amide bonds. The minimum Gasteiger partial charge on any atom is -0.475 e. The number of aryl methyl sites for hydroxylation is 1. The molecular weight excluding hydrogens is 314 g/mol. The summed E-state index contributed by atoms with van der Waals surface area (Å²) >= 11 is 0. The molecule has 0 spiro atoms. The van der Waals surface area contributed by atoms with Crippen LogP contribution in [0.4, 0.5) is 0 Å². The number of carboxylic acids is 1. The second-order valence-electron chi connectivity index (χ2n) is 6.65. The first-order chi connectivity index (χ1) is 12.1. The molecule has 132 valence electrons. The fraction of sp³-hybridized carbons (Fsp3) is 0.381. The van der Waals surface area contributed by atoms with Crippen LogP contribution >= 0.6 is 0 Å². The number of hydrogen-bond donors (Lipinski definition) is 1. The van der Waals surface area contributed by atoms with Crippen molar-refractivity contribution in [2.24, 2.45) is 0 Å². The summed E-state index contributed by atoms with van der Waals surface area (Å²) in [5.74, 6) is -0.281. The maximum Gasteiger partial charge on any atom is 0.371 e. The van der Waals surface area contributed by atoms with Gasteiger partial charge in [-0.3, -0.25) is 4.90 Å². The molecule has 4 heteroatoms. The van der Waals surface area contributed by atoms with Crippen LogP contribution in [-0.2, 0) is 6.54 Å². The molecule has 1 aliphatic heterocycles. The maximum atomic E-state index is 11.1. The molecule has 25 heavy (non-hydrogen) atoms. The first kappa shape index (κ1) is 17.5. The van der Waals surface area contributed by atoms with E-state index >= 15 is 0 Å². The van der Waals surface area contributed by atoms with Gasteiger partial charge < -0.3 is 9.52 Å². The van der Waals surface area contributed by atoms with Crippen molar-refractivity contribution < 1.29 is 14.3 Å². The van der Waals surface area contributed by atoms with Gasteiger partial charge in [-0.05, 0) is 37.9 Å². The Hall–Kier alpha value is -2.33. The quantitative estimate of drug-likeness (QED) is 0.854. The van der Waals surface area contributed by atoms with Gasteiger partial charge in [0.25, 0.3) is 0 Å². The fourth-order valence-corrected chi connectivity index (χ4v) is 3.40. The zero-order chi connectivity index (χ0) is 17.6. The van der Waals surface area contributed by atoms with Gasteiger partial charge in [0.1, 0.15) is 5.76 Å². The van der Waals surface area contributed by atoms with Crippen LogP contribution in [0.3, 0.4) is 0 Å². The summed E-state index contributed by atoms with van der Waals surface area (Å²) in [6, 6.07) is 12.4. The number of carbonyl (C=O) groups is 1. The normalized spacial score (nSPS) is 19.2. The summed E-state index contributed by atoms with van der Waals surface area (Å²) in [6.07, 6.45) is 9.26. The molecule has 1 aromatic carbocycles. The van der Waals surface area contributed by atoms with Crippen molar-refractivity contribution in [3.8, 4) is 0 Å². The molecule has 0 aliphatic carbocycles. The van der Waals surface area contributed by atoms with Crippen molar-refractivity contribution in [3.05, 3.63) is 65.1 Å². The molecule has 2 aromatic rings. The third-order valence-corrected chi connectivity index (χ3v) is 4.83. The molecule has 0 radical (unpaired) electrons. The number of nitrogens with zero attached hydrogens (tertiary/aromatic N) is 1. The van der Waals surface area contributed by atoms with Gasteiger partial charge in [-0.1, -0.05) is 55.3 Å². The van der Waals surface area contributed by atoms with E-state index in [4.69, 9.17) is 9.52 Å². The van der Waals surface area contributed by atoms with Gasteiger partial charge in [0.15, 0.2) is 0 Å². The van der Waals surface area contributed by atoms with E-state index in [9.17, 15) is 4.79 Å². The Morgan fingerprint density at radius 2 is 2.08 bits per heavy atom. The van der Waals surface area contributed by atoms with Crippen LogP contribution in [0.1, 0.15) is 53.1 Å². The van der Waals surface area contributed by atoms with Gasteiger partial charge in [0, 0.05) is 18.2 Å². The number of likely N-dealkylation sites (tertiary alicyclic amines) is 1. The Labute approximate surface area is 148 Å². The molecule has 1 atom stereocenters. The van der Waals surface area contributed by atoms with E-state index in [1.54, 1.807) is 6.07 Å². The van der Waals surface area contributed by atoms with E-state index in [0.29, 0.717) is 11.8 Å². The highest BCUT2D eigenvalue weighted by molar-refractivity contribution is 5.84. The number of carboxylic acid groups (broad SMARTS) is 1. The van der Waals surface area contributed by atoms with Crippen molar-refractivity contribution in [1.82, 2.24) is 4.90 Å². The summed E-state index contributed by atoms with van der Waals surface area (Å²) < 4.78 is 5.37. The number of furan rings is 1. The van der Waals surface area contributed by atoms with Gasteiger partial charge in [-0.25, -0.2) is 4.79 Å². The molecule has 3 rings (SSSR count). The molecule has 1 saturated heterocycles. The van der Waals surface area contributed by atoms with Crippen LogP contribution in [0.15, 0.2) is 46.9 Å². The fourth-order valence-electron chi connectivity index (χ4n) is 3.40. The lowest BCUT2D eigenvalue weighted by atomic mass is 10.1. The van der Waals surface area contributed by atoms with Crippen molar-refractivity contribution >= 4 is 12.0 Å². The summed E-state index contributed by atoms with van der Waals surface area (Å²) in [6.45, 7) is 3.59. The Morgan fingerprint density at radius 1 is 1.28 bits per heavy atom. The highest BCUT2D eigenvalue weighted by Gasteiger charge is 2.22. The number of hydrogen-bond acceptors (Lipinski definition) is 3. The van der Waals surface area contributed by atoms with Crippen LogP contribution in [0, 0.1) is 6.92 Å². The van der Waals surface area contributed by atoms with Crippen molar-refractivity contribution in [3.63, 3.8) is 0 Å². The summed E-state index contributed by atoms with van der Waals surface area (Å²) in [7, 11) is 0.